The maximum absolute atomic E-state index is 11.4. The molecule has 0 aliphatic rings. The van der Waals surface area contributed by atoms with Crippen LogP contribution in [0.25, 0.3) is 0 Å². The molecule has 1 rings (SSSR count). The molecule has 0 unspecified atom stereocenters. The van der Waals surface area contributed by atoms with E-state index >= 15 is 0 Å². The first kappa shape index (κ1) is 11.0. The van der Waals surface area contributed by atoms with Gasteiger partial charge >= 0.3 is 0 Å². The average Bonchev–Trinajstić information content (AvgIpc) is 2.47. The molecule has 1 aromatic heterocycles. The summed E-state index contributed by atoms with van der Waals surface area (Å²) in [6.45, 7) is 3.80. The van der Waals surface area contributed by atoms with E-state index in [0.717, 1.165) is 8.45 Å². The first-order valence-corrected chi connectivity index (χ1v) is 5.79. The fourth-order valence-electron chi connectivity index (χ4n) is 0.712. The van der Waals surface area contributed by atoms with Crippen LogP contribution >= 0.6 is 45.5 Å². The summed E-state index contributed by atoms with van der Waals surface area (Å²) in [4.78, 5) is 12.1. The molecule has 0 spiro atoms. The Balaban J connectivity index is 2.59. The number of rotatable bonds is 3. The highest BCUT2D eigenvalue weighted by atomic mass is 127. The minimum Gasteiger partial charge on any atom is -0.346 e. The smallest absolute Gasteiger partial charge is 0.262 e. The molecule has 0 aliphatic heterocycles. The van der Waals surface area contributed by atoms with E-state index in [1.807, 2.05) is 11.4 Å². The van der Waals surface area contributed by atoms with Crippen molar-refractivity contribution in [3.63, 3.8) is 0 Å². The fourth-order valence-corrected chi connectivity index (χ4v) is 2.53. The maximum Gasteiger partial charge on any atom is 0.262 e. The molecular formula is C8H7ClINOS. The normalized spacial score (nSPS) is 9.69. The van der Waals surface area contributed by atoms with Crippen LogP contribution in [0.3, 0.4) is 0 Å². The predicted octanol–water partition coefficient (Wildman–Crippen LogP) is 2.84. The zero-order valence-electron chi connectivity index (χ0n) is 6.64. The number of thiophene rings is 1. The van der Waals surface area contributed by atoms with Gasteiger partial charge < -0.3 is 5.32 Å². The highest BCUT2D eigenvalue weighted by Crippen LogP contribution is 2.18. The van der Waals surface area contributed by atoms with Gasteiger partial charge in [-0.25, -0.2) is 0 Å². The number of carbonyl (C=O) groups excluding carboxylic acids is 1. The van der Waals surface area contributed by atoms with Crippen LogP contribution in [0.15, 0.2) is 23.1 Å². The van der Waals surface area contributed by atoms with Crippen molar-refractivity contribution in [2.24, 2.45) is 0 Å². The average molecular weight is 328 g/mol. The number of nitrogens with one attached hydrogen (secondary N) is 1. The van der Waals surface area contributed by atoms with E-state index in [0.29, 0.717) is 11.6 Å². The second kappa shape index (κ2) is 4.97. The van der Waals surface area contributed by atoms with Crippen molar-refractivity contribution < 1.29 is 4.79 Å². The van der Waals surface area contributed by atoms with Gasteiger partial charge in [-0.3, -0.25) is 4.79 Å². The summed E-state index contributed by atoms with van der Waals surface area (Å²) in [6, 6.07) is 1.90. The number of amides is 1. The Bertz CT molecular complexity index is 337. The third-order valence-electron chi connectivity index (χ3n) is 1.26. The van der Waals surface area contributed by atoms with Gasteiger partial charge in [0.1, 0.15) is 4.88 Å². The molecule has 0 saturated carbocycles. The Morgan fingerprint density at radius 3 is 2.92 bits per heavy atom. The van der Waals surface area contributed by atoms with Crippen LogP contribution in [0.2, 0.25) is 0 Å². The molecule has 1 N–H and O–H groups in total. The molecule has 0 radical (unpaired) electrons. The van der Waals surface area contributed by atoms with E-state index in [1.165, 1.54) is 11.3 Å². The third kappa shape index (κ3) is 3.28. The summed E-state index contributed by atoms with van der Waals surface area (Å²) in [5.74, 6) is -0.0961. The largest absolute Gasteiger partial charge is 0.346 e. The molecule has 2 nitrogen and oxygen atoms in total. The molecule has 0 aromatic carbocycles. The molecule has 0 saturated heterocycles. The van der Waals surface area contributed by atoms with E-state index in [1.54, 1.807) is 0 Å². The van der Waals surface area contributed by atoms with Crippen LogP contribution in [0, 0.1) is 3.57 Å². The SMILES string of the molecule is C=C(Cl)CNC(=O)c1sccc1I. The zero-order valence-corrected chi connectivity index (χ0v) is 10.4. The summed E-state index contributed by atoms with van der Waals surface area (Å²) in [5.41, 5.74) is 0. The fraction of sp³-hybridized carbons (Fsp3) is 0.125. The summed E-state index contributed by atoms with van der Waals surface area (Å²) in [7, 11) is 0. The van der Waals surface area contributed by atoms with Crippen LogP contribution in [0.4, 0.5) is 0 Å². The zero-order chi connectivity index (χ0) is 9.84. The summed E-state index contributed by atoms with van der Waals surface area (Å²) in [5, 5.41) is 4.97. The van der Waals surface area contributed by atoms with E-state index in [-0.39, 0.29) is 5.91 Å². The highest BCUT2D eigenvalue weighted by molar-refractivity contribution is 14.1. The van der Waals surface area contributed by atoms with Crippen molar-refractivity contribution >= 4 is 51.4 Å². The summed E-state index contributed by atoms with van der Waals surface area (Å²) >= 11 is 9.05. The lowest BCUT2D eigenvalue weighted by Crippen LogP contribution is -2.24. The van der Waals surface area contributed by atoms with E-state index in [4.69, 9.17) is 11.6 Å². The van der Waals surface area contributed by atoms with Gasteiger partial charge in [-0.1, -0.05) is 18.2 Å². The molecule has 1 amide bonds. The second-order valence-electron chi connectivity index (χ2n) is 2.30. The third-order valence-corrected chi connectivity index (χ3v) is 3.58. The van der Waals surface area contributed by atoms with Gasteiger partial charge in [0.15, 0.2) is 0 Å². The van der Waals surface area contributed by atoms with Gasteiger partial charge in [-0.2, -0.15) is 0 Å². The molecule has 70 valence electrons. The molecule has 0 atom stereocenters. The predicted molar refractivity (Wildman–Crippen MR) is 64.4 cm³/mol. The maximum atomic E-state index is 11.4. The van der Waals surface area contributed by atoms with Crippen molar-refractivity contribution in [3.8, 4) is 0 Å². The van der Waals surface area contributed by atoms with Crippen molar-refractivity contribution in [1.29, 1.82) is 0 Å². The van der Waals surface area contributed by atoms with Crippen LogP contribution in [-0.4, -0.2) is 12.5 Å². The quantitative estimate of drug-likeness (QED) is 0.850. The van der Waals surface area contributed by atoms with Crippen LogP contribution in [-0.2, 0) is 0 Å². The molecule has 0 bridgehead atoms. The van der Waals surface area contributed by atoms with Gasteiger partial charge in [0, 0.05) is 8.60 Å². The first-order valence-electron chi connectivity index (χ1n) is 3.45. The second-order valence-corrected chi connectivity index (χ2v) is 4.91. The molecule has 0 fully saturated rings. The van der Waals surface area contributed by atoms with Gasteiger partial charge in [0.25, 0.3) is 5.91 Å². The van der Waals surface area contributed by atoms with Crippen molar-refractivity contribution in [3.05, 3.63) is 31.5 Å². The number of carbonyl (C=O) groups is 1. The Kier molecular flexibility index (Phi) is 4.21. The lowest BCUT2D eigenvalue weighted by Gasteiger charge is -2.01. The number of hydrogen-bond donors (Lipinski definition) is 1. The lowest BCUT2D eigenvalue weighted by atomic mass is 10.4. The van der Waals surface area contributed by atoms with Crippen molar-refractivity contribution in [1.82, 2.24) is 5.32 Å². The monoisotopic (exact) mass is 327 g/mol. The van der Waals surface area contributed by atoms with Gasteiger partial charge in [0.2, 0.25) is 0 Å². The van der Waals surface area contributed by atoms with Crippen molar-refractivity contribution in [2.45, 2.75) is 0 Å². The van der Waals surface area contributed by atoms with E-state index in [9.17, 15) is 4.79 Å². The summed E-state index contributed by atoms with van der Waals surface area (Å²) < 4.78 is 0.959. The Morgan fingerprint density at radius 1 is 1.77 bits per heavy atom. The lowest BCUT2D eigenvalue weighted by molar-refractivity contribution is 0.0961. The van der Waals surface area contributed by atoms with Gasteiger partial charge in [-0.05, 0) is 34.0 Å². The van der Waals surface area contributed by atoms with E-state index < -0.39 is 0 Å². The molecule has 13 heavy (non-hydrogen) atoms. The van der Waals surface area contributed by atoms with Crippen LogP contribution in [0.5, 0.6) is 0 Å². The standard InChI is InChI=1S/C8H7ClINOS/c1-5(9)4-11-8(12)7-6(10)2-3-13-7/h2-3H,1,4H2,(H,11,12). The minimum atomic E-state index is -0.0961. The first-order chi connectivity index (χ1) is 6.11. The Hall–Kier alpha value is -0.0700. The van der Waals surface area contributed by atoms with Crippen LogP contribution < -0.4 is 5.32 Å². The van der Waals surface area contributed by atoms with Crippen molar-refractivity contribution in [2.75, 3.05) is 6.54 Å². The van der Waals surface area contributed by atoms with Gasteiger partial charge in [-0.15, -0.1) is 11.3 Å². The van der Waals surface area contributed by atoms with Crippen LogP contribution in [0.1, 0.15) is 9.67 Å². The Morgan fingerprint density at radius 2 is 2.46 bits per heavy atom. The Labute approximate surface area is 99.1 Å². The molecule has 1 heterocycles. The van der Waals surface area contributed by atoms with Gasteiger partial charge in [0.05, 0.1) is 6.54 Å². The summed E-state index contributed by atoms with van der Waals surface area (Å²) in [6.07, 6.45) is 0. The number of halogens is 2. The molecular weight excluding hydrogens is 321 g/mol. The molecule has 0 aliphatic carbocycles. The molecule has 5 heteroatoms. The molecule has 1 aromatic rings. The topological polar surface area (TPSA) is 29.1 Å². The minimum absolute atomic E-state index is 0.0961. The van der Waals surface area contributed by atoms with E-state index in [2.05, 4.69) is 34.5 Å². The highest BCUT2D eigenvalue weighted by Gasteiger charge is 2.10. The number of hydrogen-bond acceptors (Lipinski definition) is 2.